The first-order valence-corrected chi connectivity index (χ1v) is 6.90. The molecule has 2 heterocycles. The first-order valence-electron chi connectivity index (χ1n) is 6.90. The zero-order chi connectivity index (χ0) is 15.8. The molecule has 1 aromatic rings. The van der Waals surface area contributed by atoms with Crippen LogP contribution in [0.25, 0.3) is 6.08 Å². The Bertz CT molecular complexity index is 629. The van der Waals surface area contributed by atoms with E-state index < -0.39 is 18.3 Å². The summed E-state index contributed by atoms with van der Waals surface area (Å²) in [6, 6.07) is 1.56. The molecule has 0 bridgehead atoms. The van der Waals surface area contributed by atoms with Gasteiger partial charge >= 0.3 is 7.12 Å². The fraction of sp³-hybridized carbons (Fsp3) is 0.467. The van der Waals surface area contributed by atoms with E-state index >= 15 is 0 Å². The second kappa shape index (κ2) is 5.28. The molecule has 0 spiro atoms. The molecule has 1 N–H and O–H groups in total. The molecule has 0 saturated carbocycles. The van der Waals surface area contributed by atoms with Gasteiger partial charge in [-0.2, -0.15) is 0 Å². The van der Waals surface area contributed by atoms with Crippen molar-refractivity contribution >= 4 is 19.0 Å². The molecule has 0 atom stereocenters. The van der Waals surface area contributed by atoms with Crippen molar-refractivity contribution in [1.29, 1.82) is 0 Å². The largest absolute Gasteiger partial charge is 0.487 e. The Morgan fingerprint density at radius 3 is 2.33 bits per heavy atom. The molecule has 0 aliphatic carbocycles. The summed E-state index contributed by atoms with van der Waals surface area (Å²) < 4.78 is 11.7. The summed E-state index contributed by atoms with van der Waals surface area (Å²) in [5, 5.41) is 0. The number of hydrogen-bond donors (Lipinski definition) is 1. The number of H-pyrrole nitrogens is 1. The summed E-state index contributed by atoms with van der Waals surface area (Å²) in [6.07, 6.45) is 3.32. The number of rotatable bonds is 3. The molecule has 1 aliphatic heterocycles. The van der Waals surface area contributed by atoms with E-state index in [1.165, 1.54) is 6.92 Å². The average Bonchev–Trinajstić information content (AvgIpc) is 2.56. The quantitative estimate of drug-likeness (QED) is 0.684. The van der Waals surface area contributed by atoms with Gasteiger partial charge in [0.25, 0.3) is 5.56 Å². The van der Waals surface area contributed by atoms with Gasteiger partial charge in [-0.1, -0.05) is 12.1 Å². The number of ketones is 1. The Balaban J connectivity index is 2.18. The van der Waals surface area contributed by atoms with Gasteiger partial charge in [-0.3, -0.25) is 9.59 Å². The predicted molar refractivity (Wildman–Crippen MR) is 82.2 cm³/mol. The Morgan fingerprint density at radius 2 is 1.81 bits per heavy atom. The minimum atomic E-state index is -0.456. The van der Waals surface area contributed by atoms with Gasteiger partial charge in [0, 0.05) is 6.20 Å². The van der Waals surface area contributed by atoms with Crippen molar-refractivity contribution in [3.63, 3.8) is 0 Å². The summed E-state index contributed by atoms with van der Waals surface area (Å²) in [5.74, 6) is 1.51. The molecule has 0 radical (unpaired) electrons. The Kier molecular flexibility index (Phi) is 3.95. The highest BCUT2D eigenvalue weighted by atomic mass is 16.7. The number of carbonyl (C=O) groups excluding carboxylic acids is 1. The van der Waals surface area contributed by atoms with Crippen molar-refractivity contribution in [1.82, 2.24) is 4.98 Å². The van der Waals surface area contributed by atoms with Crippen LogP contribution in [0, 0.1) is 0 Å². The number of aromatic amines is 1. The van der Waals surface area contributed by atoms with Crippen LogP contribution in [0.15, 0.2) is 23.0 Å². The van der Waals surface area contributed by atoms with Crippen LogP contribution < -0.4 is 5.56 Å². The molecule has 21 heavy (non-hydrogen) atoms. The van der Waals surface area contributed by atoms with Crippen LogP contribution in [0.3, 0.4) is 0 Å². The fourth-order valence-corrected chi connectivity index (χ4v) is 2.02. The van der Waals surface area contributed by atoms with Gasteiger partial charge in [-0.25, -0.2) is 0 Å². The van der Waals surface area contributed by atoms with E-state index in [2.05, 4.69) is 4.98 Å². The lowest BCUT2D eigenvalue weighted by Crippen LogP contribution is -2.41. The number of aromatic nitrogens is 1. The first kappa shape index (κ1) is 15.7. The molecule has 112 valence electrons. The molecule has 5 nitrogen and oxygen atoms in total. The van der Waals surface area contributed by atoms with E-state index in [1.54, 1.807) is 24.3 Å². The minimum absolute atomic E-state index is 0.145. The van der Waals surface area contributed by atoms with Gasteiger partial charge in [0.15, 0.2) is 5.78 Å². The molecule has 0 amide bonds. The topological polar surface area (TPSA) is 68.4 Å². The summed E-state index contributed by atoms with van der Waals surface area (Å²) in [6.45, 7) is 9.29. The van der Waals surface area contributed by atoms with Gasteiger partial charge in [0.2, 0.25) is 0 Å². The van der Waals surface area contributed by atoms with Crippen LogP contribution in [0.4, 0.5) is 0 Å². The van der Waals surface area contributed by atoms with E-state index in [-0.39, 0.29) is 16.9 Å². The Labute approximate surface area is 124 Å². The van der Waals surface area contributed by atoms with Gasteiger partial charge in [0.05, 0.1) is 16.8 Å². The highest BCUT2D eigenvalue weighted by Gasteiger charge is 2.49. The SMILES string of the molecule is CC(=O)c1cc(/C=C/B2OC(C)(C)C(C)(C)O2)c[nH]c1=O. The van der Waals surface area contributed by atoms with Gasteiger partial charge in [-0.15, -0.1) is 0 Å². The molecule has 1 fully saturated rings. The molecule has 1 saturated heterocycles. The molecular weight excluding hydrogens is 269 g/mol. The number of nitrogens with one attached hydrogen (secondary N) is 1. The minimum Gasteiger partial charge on any atom is -0.400 e. The lowest BCUT2D eigenvalue weighted by atomic mass is 9.89. The van der Waals surface area contributed by atoms with Crippen LogP contribution in [-0.4, -0.2) is 29.1 Å². The summed E-state index contributed by atoms with van der Waals surface area (Å²) >= 11 is 0. The third-order valence-electron chi connectivity index (χ3n) is 4.02. The maximum Gasteiger partial charge on any atom is 0.487 e. The van der Waals surface area contributed by atoms with Crippen LogP contribution in [0.5, 0.6) is 0 Å². The summed E-state index contributed by atoms with van der Waals surface area (Å²) in [5.41, 5.74) is -0.300. The van der Waals surface area contributed by atoms with E-state index in [0.29, 0.717) is 0 Å². The van der Waals surface area contributed by atoms with Crippen LogP contribution >= 0.6 is 0 Å². The maximum atomic E-state index is 11.5. The van der Waals surface area contributed by atoms with Crippen molar-refractivity contribution in [2.75, 3.05) is 0 Å². The normalized spacial score (nSPS) is 20.1. The number of Topliss-reactive ketones (excluding diaryl/α,β-unsaturated/α-hetero) is 1. The smallest absolute Gasteiger partial charge is 0.400 e. The molecule has 1 aliphatic rings. The average molecular weight is 289 g/mol. The van der Waals surface area contributed by atoms with E-state index in [9.17, 15) is 9.59 Å². The van der Waals surface area contributed by atoms with Crippen molar-refractivity contribution in [3.05, 3.63) is 39.7 Å². The van der Waals surface area contributed by atoms with Gasteiger partial charge < -0.3 is 14.3 Å². The van der Waals surface area contributed by atoms with Gasteiger partial charge in [-0.05, 0) is 46.2 Å². The third kappa shape index (κ3) is 3.17. The molecule has 0 unspecified atom stereocenters. The number of pyridine rings is 1. The molecule has 2 rings (SSSR count). The van der Waals surface area contributed by atoms with E-state index in [4.69, 9.17) is 9.31 Å². The van der Waals surface area contributed by atoms with Crippen LogP contribution in [0.1, 0.15) is 50.5 Å². The molecule has 6 heteroatoms. The standard InChI is InChI=1S/C15H20BNO4/c1-10(18)12-8-11(9-17-13(12)19)6-7-16-20-14(2,3)15(4,5)21-16/h6-9H,1-5H3,(H,17,19)/b7-6+. The zero-order valence-electron chi connectivity index (χ0n) is 13.0. The molecule has 0 aromatic carbocycles. The summed E-state index contributed by atoms with van der Waals surface area (Å²) in [4.78, 5) is 25.4. The Hall–Kier alpha value is -1.66. The van der Waals surface area contributed by atoms with Crippen LogP contribution in [-0.2, 0) is 9.31 Å². The lowest BCUT2D eigenvalue weighted by Gasteiger charge is -2.32. The Morgan fingerprint density at radius 1 is 1.24 bits per heavy atom. The second-order valence-corrected chi connectivity index (χ2v) is 6.22. The predicted octanol–water partition coefficient (Wildman–Crippen LogP) is 2.22. The second-order valence-electron chi connectivity index (χ2n) is 6.22. The van der Waals surface area contributed by atoms with Crippen LogP contribution in [0.2, 0.25) is 0 Å². The summed E-state index contributed by atoms with van der Waals surface area (Å²) in [7, 11) is -0.456. The van der Waals surface area contributed by atoms with Crippen molar-refractivity contribution in [2.24, 2.45) is 0 Å². The van der Waals surface area contributed by atoms with E-state index in [1.807, 2.05) is 27.7 Å². The fourth-order valence-electron chi connectivity index (χ4n) is 2.02. The monoisotopic (exact) mass is 289 g/mol. The lowest BCUT2D eigenvalue weighted by molar-refractivity contribution is 0.00578. The number of carbonyl (C=O) groups is 1. The molecule has 1 aromatic heterocycles. The molecular formula is C15H20BNO4. The van der Waals surface area contributed by atoms with Crippen molar-refractivity contribution in [2.45, 2.75) is 45.8 Å². The highest BCUT2D eigenvalue weighted by Crippen LogP contribution is 2.36. The first-order chi connectivity index (χ1) is 9.62. The van der Waals surface area contributed by atoms with Crippen molar-refractivity contribution < 1.29 is 14.1 Å². The van der Waals surface area contributed by atoms with Crippen molar-refractivity contribution in [3.8, 4) is 0 Å². The zero-order valence-corrected chi connectivity index (χ0v) is 13.0. The highest BCUT2D eigenvalue weighted by molar-refractivity contribution is 6.52. The maximum absolute atomic E-state index is 11.5. The third-order valence-corrected chi connectivity index (χ3v) is 4.02. The number of hydrogen-bond acceptors (Lipinski definition) is 4. The van der Waals surface area contributed by atoms with Gasteiger partial charge in [0.1, 0.15) is 0 Å². The van der Waals surface area contributed by atoms with E-state index in [0.717, 1.165) is 5.56 Å².